The molecule has 288 valence electrons. The van der Waals surface area contributed by atoms with E-state index >= 15 is 0 Å². The first-order chi connectivity index (χ1) is 30.2. The van der Waals surface area contributed by atoms with Gasteiger partial charge >= 0.3 is 0 Å². The fraction of sp³-hybridized carbons (Fsp3) is 0.0345. The van der Waals surface area contributed by atoms with Gasteiger partial charge in [-0.2, -0.15) is 0 Å². The molecule has 0 radical (unpaired) electrons. The number of aromatic nitrogens is 1. The largest absolute Gasteiger partial charge is 0.310 e. The summed E-state index contributed by atoms with van der Waals surface area (Å²) >= 11 is 1.88. The number of fused-ring (bicyclic) bond motifs is 7. The van der Waals surface area contributed by atoms with Crippen molar-refractivity contribution in [3.05, 3.63) is 236 Å². The molecule has 0 fully saturated rings. The quantitative estimate of drug-likeness (QED) is 0.156. The number of anilines is 3. The Morgan fingerprint density at radius 3 is 1.74 bits per heavy atom. The molecule has 0 amide bonds. The van der Waals surface area contributed by atoms with E-state index in [1.807, 2.05) is 11.3 Å². The van der Waals surface area contributed by atoms with Crippen LogP contribution in [0.15, 0.2) is 231 Å². The molecule has 10 aromatic rings. The highest BCUT2D eigenvalue weighted by Gasteiger charge is 2.24. The minimum Gasteiger partial charge on any atom is -0.310 e. The molecule has 61 heavy (non-hydrogen) atoms. The maximum Gasteiger partial charge on any atom is 0.0541 e. The van der Waals surface area contributed by atoms with Crippen molar-refractivity contribution in [3.63, 3.8) is 0 Å². The van der Waals surface area contributed by atoms with E-state index in [4.69, 9.17) is 0 Å². The summed E-state index contributed by atoms with van der Waals surface area (Å²) in [6.45, 7) is 0. The highest BCUT2D eigenvalue weighted by atomic mass is 32.1. The predicted octanol–water partition coefficient (Wildman–Crippen LogP) is 16.3. The lowest BCUT2D eigenvalue weighted by atomic mass is 9.77. The first-order valence-corrected chi connectivity index (χ1v) is 21.9. The molecule has 0 bridgehead atoms. The van der Waals surface area contributed by atoms with Gasteiger partial charge in [0.25, 0.3) is 0 Å². The van der Waals surface area contributed by atoms with Crippen LogP contribution in [0.3, 0.4) is 0 Å². The van der Waals surface area contributed by atoms with Crippen molar-refractivity contribution in [2.45, 2.75) is 0 Å². The van der Waals surface area contributed by atoms with Crippen molar-refractivity contribution < 1.29 is 0 Å². The van der Waals surface area contributed by atoms with Crippen molar-refractivity contribution in [3.8, 4) is 27.9 Å². The molecule has 0 saturated carbocycles. The van der Waals surface area contributed by atoms with E-state index < -0.39 is 0 Å². The number of nitrogens with zero attached hydrogens (tertiary/aromatic N) is 2. The average Bonchev–Trinajstić information content (AvgIpc) is 3.88. The second-order valence-electron chi connectivity index (χ2n) is 16.1. The maximum absolute atomic E-state index is 2.40. The molecule has 2 nitrogen and oxygen atoms in total. The zero-order valence-corrected chi connectivity index (χ0v) is 34.2. The smallest absolute Gasteiger partial charge is 0.0541 e. The molecule has 2 atom stereocenters. The number of hydrogen-bond donors (Lipinski definition) is 0. The van der Waals surface area contributed by atoms with E-state index in [0.29, 0.717) is 11.8 Å². The van der Waals surface area contributed by atoms with Gasteiger partial charge in [-0.05, 0) is 94.1 Å². The molecule has 0 N–H and O–H groups in total. The topological polar surface area (TPSA) is 8.17 Å². The third-order valence-corrected chi connectivity index (χ3v) is 13.8. The van der Waals surface area contributed by atoms with Gasteiger partial charge in [0, 0.05) is 65.5 Å². The fourth-order valence-corrected chi connectivity index (χ4v) is 10.9. The van der Waals surface area contributed by atoms with Crippen LogP contribution in [0.1, 0.15) is 5.56 Å². The van der Waals surface area contributed by atoms with Crippen molar-refractivity contribution in [1.82, 2.24) is 4.57 Å². The Bertz CT molecular complexity index is 3360. The first-order valence-electron chi connectivity index (χ1n) is 21.1. The van der Waals surface area contributed by atoms with Gasteiger partial charge in [0.1, 0.15) is 0 Å². The summed E-state index contributed by atoms with van der Waals surface area (Å²) in [5.41, 5.74) is 14.3. The third kappa shape index (κ3) is 6.08. The molecule has 0 aliphatic heterocycles. The fourth-order valence-electron chi connectivity index (χ4n) is 9.65. The number of thiophene rings is 1. The highest BCUT2D eigenvalue weighted by molar-refractivity contribution is 7.26. The van der Waals surface area contributed by atoms with E-state index in [0.717, 1.165) is 22.7 Å². The van der Waals surface area contributed by atoms with Gasteiger partial charge < -0.3 is 9.47 Å². The molecular weight excluding hydrogens is 757 g/mol. The standard InChI is InChI=1S/C58H40N2S/c1-2-16-48-41(12-1)13-9-20-49(48)42-28-26-39(27-29-42)40-30-34-44(35-31-40)59(45-36-32-43(33-37-45)50-21-11-22-54-53-19-5-8-25-57(53)61-58(50)54)46-14-10-15-47(38-46)60-55-23-6-3-17-51(55)52-18-4-7-24-56(52)60/h1-38,41,48H. The van der Waals surface area contributed by atoms with Crippen molar-refractivity contribution in [2.24, 2.45) is 11.8 Å². The van der Waals surface area contributed by atoms with Crippen LogP contribution in [0, 0.1) is 11.8 Å². The third-order valence-electron chi connectivity index (χ3n) is 12.6. The van der Waals surface area contributed by atoms with Gasteiger partial charge in [-0.25, -0.2) is 0 Å². The summed E-state index contributed by atoms with van der Waals surface area (Å²) in [6, 6.07) is 69.1. The molecule has 3 heteroatoms. The summed E-state index contributed by atoms with van der Waals surface area (Å²) in [6.07, 6.45) is 15.7. The lowest BCUT2D eigenvalue weighted by Gasteiger charge is -2.27. The minimum absolute atomic E-state index is 0.387. The van der Waals surface area contributed by atoms with Gasteiger partial charge in [-0.1, -0.05) is 170 Å². The van der Waals surface area contributed by atoms with Crippen molar-refractivity contribution >= 4 is 76.0 Å². The van der Waals surface area contributed by atoms with E-state index in [2.05, 4.69) is 240 Å². The SMILES string of the molecule is C1=CC2C=CC=C(c3ccc(-c4ccc(N(c5ccc(-c6cccc7c6sc6ccccc67)cc5)c5cccc(-n6c7ccccc7c7ccccc76)c5)cc4)cc3)C2C=C1. The van der Waals surface area contributed by atoms with Crippen LogP contribution in [0.5, 0.6) is 0 Å². The lowest BCUT2D eigenvalue weighted by molar-refractivity contribution is 0.678. The number of allylic oxidation sites excluding steroid dienone is 8. The minimum atomic E-state index is 0.387. The molecule has 2 aromatic heterocycles. The zero-order chi connectivity index (χ0) is 40.3. The summed E-state index contributed by atoms with van der Waals surface area (Å²) < 4.78 is 5.05. The normalized spacial score (nSPS) is 15.8. The highest BCUT2D eigenvalue weighted by Crippen LogP contribution is 2.43. The van der Waals surface area contributed by atoms with E-state index in [9.17, 15) is 0 Å². The van der Waals surface area contributed by atoms with Gasteiger partial charge in [0.15, 0.2) is 0 Å². The van der Waals surface area contributed by atoms with Gasteiger partial charge in [-0.3, -0.25) is 0 Å². The van der Waals surface area contributed by atoms with E-state index in [1.165, 1.54) is 75.4 Å². The second-order valence-corrected chi connectivity index (χ2v) is 17.1. The molecule has 2 unspecified atom stereocenters. The summed E-state index contributed by atoms with van der Waals surface area (Å²) in [5, 5.41) is 5.15. The molecular formula is C58H40N2S. The number of benzene rings is 8. The zero-order valence-electron chi connectivity index (χ0n) is 33.4. The van der Waals surface area contributed by atoms with Crippen LogP contribution in [-0.2, 0) is 0 Å². The Morgan fingerprint density at radius 1 is 0.426 bits per heavy atom. The summed E-state index contributed by atoms with van der Waals surface area (Å²) in [4.78, 5) is 2.39. The second kappa shape index (κ2) is 14.7. The number of rotatable bonds is 7. The average molecular weight is 797 g/mol. The van der Waals surface area contributed by atoms with Crippen LogP contribution >= 0.6 is 11.3 Å². The summed E-state index contributed by atoms with van der Waals surface area (Å²) in [7, 11) is 0. The predicted molar refractivity (Wildman–Crippen MR) is 262 cm³/mol. The maximum atomic E-state index is 2.40. The molecule has 2 heterocycles. The Kier molecular flexibility index (Phi) is 8.53. The Hall–Kier alpha value is -7.46. The van der Waals surface area contributed by atoms with Crippen LogP contribution in [-0.4, -0.2) is 4.57 Å². The Balaban J connectivity index is 0.937. The summed E-state index contributed by atoms with van der Waals surface area (Å²) in [5.74, 6) is 0.813. The lowest BCUT2D eigenvalue weighted by Crippen LogP contribution is -2.14. The monoisotopic (exact) mass is 796 g/mol. The molecule has 2 aliphatic rings. The molecule has 8 aromatic carbocycles. The van der Waals surface area contributed by atoms with Crippen molar-refractivity contribution in [2.75, 3.05) is 4.90 Å². The van der Waals surface area contributed by atoms with Crippen LogP contribution in [0.25, 0.3) is 75.5 Å². The van der Waals surface area contributed by atoms with E-state index in [1.54, 1.807) is 0 Å². The van der Waals surface area contributed by atoms with Crippen LogP contribution in [0.4, 0.5) is 17.1 Å². The van der Waals surface area contributed by atoms with E-state index in [-0.39, 0.29) is 0 Å². The van der Waals surface area contributed by atoms with Crippen LogP contribution in [0.2, 0.25) is 0 Å². The molecule has 0 spiro atoms. The first kappa shape index (κ1) is 35.5. The van der Waals surface area contributed by atoms with Crippen LogP contribution < -0.4 is 4.90 Å². The van der Waals surface area contributed by atoms with Gasteiger partial charge in [-0.15, -0.1) is 11.3 Å². The molecule has 0 saturated heterocycles. The van der Waals surface area contributed by atoms with Crippen molar-refractivity contribution in [1.29, 1.82) is 0 Å². The number of para-hydroxylation sites is 2. The van der Waals surface area contributed by atoms with Gasteiger partial charge in [0.05, 0.1) is 11.0 Å². The molecule has 12 rings (SSSR count). The Labute approximate surface area is 359 Å². The Morgan fingerprint density at radius 2 is 1.00 bits per heavy atom. The van der Waals surface area contributed by atoms with Gasteiger partial charge in [0.2, 0.25) is 0 Å². The number of hydrogen-bond acceptors (Lipinski definition) is 2. The molecule has 2 aliphatic carbocycles.